The third-order valence-electron chi connectivity index (χ3n) is 4.60. The Morgan fingerprint density at radius 3 is 2.74 bits per heavy atom. The number of hydrogen-bond acceptors (Lipinski definition) is 6. The van der Waals surface area contributed by atoms with Crippen LogP contribution in [0.25, 0.3) is 0 Å². The van der Waals surface area contributed by atoms with E-state index >= 15 is 0 Å². The van der Waals surface area contributed by atoms with Gasteiger partial charge in [-0.2, -0.15) is 0 Å². The smallest absolute Gasteiger partial charge is 0.409 e. The van der Waals surface area contributed by atoms with Gasteiger partial charge in [-0.3, -0.25) is 0 Å². The van der Waals surface area contributed by atoms with Crippen molar-refractivity contribution in [1.82, 2.24) is 14.9 Å². The maximum absolute atomic E-state index is 11.8. The molecule has 0 bridgehead atoms. The fourth-order valence-corrected chi connectivity index (χ4v) is 3.18. The minimum absolute atomic E-state index is 0.222. The maximum Gasteiger partial charge on any atom is 0.409 e. The van der Waals surface area contributed by atoms with E-state index in [-0.39, 0.29) is 12.1 Å². The Bertz CT molecular complexity index is 760. The van der Waals surface area contributed by atoms with Crippen molar-refractivity contribution in [2.24, 2.45) is 0 Å². The second kappa shape index (κ2) is 9.21. The molecule has 1 saturated heterocycles. The fourth-order valence-electron chi connectivity index (χ4n) is 3.18. The molecule has 1 fully saturated rings. The summed E-state index contributed by atoms with van der Waals surface area (Å²) in [7, 11) is 0. The van der Waals surface area contributed by atoms with Crippen LogP contribution in [0, 0.1) is 6.92 Å². The third-order valence-corrected chi connectivity index (χ3v) is 4.60. The van der Waals surface area contributed by atoms with Gasteiger partial charge in [0.2, 0.25) is 0 Å². The number of rotatable bonds is 6. The number of nitrogens with zero attached hydrogens (tertiary/aromatic N) is 3. The van der Waals surface area contributed by atoms with E-state index in [1.54, 1.807) is 11.2 Å². The lowest BCUT2D eigenvalue weighted by atomic mass is 10.1. The molecule has 27 heavy (non-hydrogen) atoms. The summed E-state index contributed by atoms with van der Waals surface area (Å²) in [6, 6.07) is 10.6. The Labute approximate surface area is 160 Å². The highest BCUT2D eigenvalue weighted by atomic mass is 16.6. The summed E-state index contributed by atoms with van der Waals surface area (Å²) in [5.74, 6) is 1.59. The van der Waals surface area contributed by atoms with Crippen molar-refractivity contribution in [1.29, 1.82) is 0 Å². The number of carbonyl (C=O) groups excluding carboxylic acids is 1. The molecule has 1 aromatic heterocycles. The molecule has 0 saturated carbocycles. The molecule has 2 aromatic rings. The van der Waals surface area contributed by atoms with Crippen LogP contribution in [0.2, 0.25) is 0 Å². The first-order chi connectivity index (χ1) is 13.1. The Morgan fingerprint density at radius 2 is 2.00 bits per heavy atom. The highest BCUT2D eigenvalue weighted by Gasteiger charge is 2.23. The normalized spacial score (nSPS) is 14.7. The number of benzene rings is 1. The number of carbonyl (C=O) groups is 1. The minimum atomic E-state index is -0.222. The first kappa shape index (κ1) is 18.9. The van der Waals surface area contributed by atoms with Crippen molar-refractivity contribution >= 4 is 17.7 Å². The van der Waals surface area contributed by atoms with Crippen molar-refractivity contribution in [3.63, 3.8) is 0 Å². The van der Waals surface area contributed by atoms with Gasteiger partial charge < -0.3 is 20.3 Å². The third kappa shape index (κ3) is 5.57. The van der Waals surface area contributed by atoms with Crippen LogP contribution in [0.15, 0.2) is 36.7 Å². The summed E-state index contributed by atoms with van der Waals surface area (Å²) in [5.41, 5.74) is 2.46. The first-order valence-corrected chi connectivity index (χ1v) is 9.43. The average molecular weight is 369 g/mol. The van der Waals surface area contributed by atoms with Gasteiger partial charge >= 0.3 is 6.09 Å². The number of anilines is 2. The molecule has 1 aromatic carbocycles. The van der Waals surface area contributed by atoms with Crippen molar-refractivity contribution in [2.75, 3.05) is 30.3 Å². The van der Waals surface area contributed by atoms with Gasteiger partial charge in [0.05, 0.1) is 6.61 Å². The van der Waals surface area contributed by atoms with Crippen LogP contribution < -0.4 is 10.6 Å². The Kier molecular flexibility index (Phi) is 6.46. The maximum atomic E-state index is 11.8. The number of ether oxygens (including phenoxy) is 1. The number of aromatic nitrogens is 2. The van der Waals surface area contributed by atoms with E-state index in [1.165, 1.54) is 11.1 Å². The summed E-state index contributed by atoms with van der Waals surface area (Å²) in [5, 5.41) is 6.79. The molecule has 0 unspecified atom stereocenters. The van der Waals surface area contributed by atoms with E-state index in [0.717, 1.165) is 31.0 Å². The van der Waals surface area contributed by atoms with Gasteiger partial charge in [0, 0.05) is 31.7 Å². The van der Waals surface area contributed by atoms with Crippen molar-refractivity contribution in [3.05, 3.63) is 47.8 Å². The number of hydrogen-bond donors (Lipinski definition) is 2. The molecule has 1 aliphatic heterocycles. The monoisotopic (exact) mass is 369 g/mol. The van der Waals surface area contributed by atoms with E-state index in [9.17, 15) is 4.79 Å². The molecule has 2 N–H and O–H groups in total. The number of aryl methyl sites for hydroxylation is 1. The van der Waals surface area contributed by atoms with Gasteiger partial charge in [-0.05, 0) is 32.3 Å². The van der Waals surface area contributed by atoms with Crippen LogP contribution in [-0.4, -0.2) is 46.7 Å². The Morgan fingerprint density at radius 1 is 1.22 bits per heavy atom. The molecule has 1 amide bonds. The second-order valence-corrected chi connectivity index (χ2v) is 6.74. The predicted octanol–water partition coefficient (Wildman–Crippen LogP) is 3.43. The first-order valence-electron chi connectivity index (χ1n) is 9.43. The highest BCUT2D eigenvalue weighted by molar-refractivity contribution is 5.67. The summed E-state index contributed by atoms with van der Waals surface area (Å²) < 4.78 is 5.06. The average Bonchev–Trinajstić information content (AvgIpc) is 2.68. The predicted molar refractivity (Wildman–Crippen MR) is 106 cm³/mol. The van der Waals surface area contributed by atoms with Crippen LogP contribution in [0.4, 0.5) is 16.4 Å². The number of piperidine rings is 1. The molecule has 7 nitrogen and oxygen atoms in total. The van der Waals surface area contributed by atoms with Crippen LogP contribution in [0.5, 0.6) is 0 Å². The lowest BCUT2D eigenvalue weighted by Gasteiger charge is -2.31. The lowest BCUT2D eigenvalue weighted by Crippen LogP contribution is -2.42. The zero-order valence-corrected chi connectivity index (χ0v) is 15.9. The van der Waals surface area contributed by atoms with Gasteiger partial charge in [0.25, 0.3) is 0 Å². The van der Waals surface area contributed by atoms with Gasteiger partial charge in [0.1, 0.15) is 18.0 Å². The molecule has 144 valence electrons. The summed E-state index contributed by atoms with van der Waals surface area (Å²) in [6.45, 7) is 6.43. The quantitative estimate of drug-likeness (QED) is 0.812. The van der Waals surface area contributed by atoms with Crippen LogP contribution in [0.3, 0.4) is 0 Å². The Balaban J connectivity index is 1.50. The summed E-state index contributed by atoms with van der Waals surface area (Å²) in [6.07, 6.45) is 3.08. The van der Waals surface area contributed by atoms with E-state index in [2.05, 4.69) is 51.8 Å². The van der Waals surface area contributed by atoms with Crippen molar-refractivity contribution in [3.8, 4) is 0 Å². The van der Waals surface area contributed by atoms with E-state index in [0.29, 0.717) is 19.7 Å². The minimum Gasteiger partial charge on any atom is -0.450 e. The molecule has 0 atom stereocenters. The zero-order valence-electron chi connectivity index (χ0n) is 15.9. The topological polar surface area (TPSA) is 79.4 Å². The fraction of sp³-hybridized carbons (Fsp3) is 0.450. The second-order valence-electron chi connectivity index (χ2n) is 6.74. The Hall–Kier alpha value is -2.83. The molecule has 0 aliphatic carbocycles. The van der Waals surface area contributed by atoms with E-state index in [4.69, 9.17) is 4.74 Å². The summed E-state index contributed by atoms with van der Waals surface area (Å²) in [4.78, 5) is 22.1. The van der Waals surface area contributed by atoms with Gasteiger partial charge in [-0.25, -0.2) is 14.8 Å². The van der Waals surface area contributed by atoms with Gasteiger partial charge in [-0.15, -0.1) is 0 Å². The number of likely N-dealkylation sites (tertiary alicyclic amines) is 1. The van der Waals surface area contributed by atoms with Crippen LogP contribution in [0.1, 0.15) is 30.9 Å². The van der Waals surface area contributed by atoms with Gasteiger partial charge in [0.15, 0.2) is 0 Å². The largest absolute Gasteiger partial charge is 0.450 e. The van der Waals surface area contributed by atoms with Gasteiger partial charge in [-0.1, -0.05) is 29.8 Å². The number of amides is 1. The molecule has 2 heterocycles. The molecular weight excluding hydrogens is 342 g/mol. The number of nitrogens with one attached hydrogen (secondary N) is 2. The lowest BCUT2D eigenvalue weighted by molar-refractivity contribution is 0.0983. The van der Waals surface area contributed by atoms with Crippen molar-refractivity contribution in [2.45, 2.75) is 39.3 Å². The summed E-state index contributed by atoms with van der Waals surface area (Å²) >= 11 is 0. The SMILES string of the molecule is CCOC(=O)N1CCC(Nc2cc(NCc3cccc(C)c3)ncn2)CC1. The molecule has 3 rings (SSSR count). The molecule has 7 heteroatoms. The van der Waals surface area contributed by atoms with E-state index < -0.39 is 0 Å². The molecule has 0 radical (unpaired) electrons. The van der Waals surface area contributed by atoms with Crippen molar-refractivity contribution < 1.29 is 9.53 Å². The zero-order chi connectivity index (χ0) is 19.1. The van der Waals surface area contributed by atoms with Crippen LogP contribution in [-0.2, 0) is 11.3 Å². The molecule has 0 spiro atoms. The molecular formula is C20H27N5O2. The standard InChI is InChI=1S/C20H27N5O2/c1-3-27-20(26)25-9-7-17(8-10-25)24-19-12-18(22-14-23-19)21-13-16-6-4-5-15(2)11-16/h4-6,11-12,14,17H,3,7-10,13H2,1-2H3,(H2,21,22,23,24). The van der Waals surface area contributed by atoms with Crippen LogP contribution >= 0.6 is 0 Å². The highest BCUT2D eigenvalue weighted by Crippen LogP contribution is 2.17. The van der Waals surface area contributed by atoms with E-state index in [1.807, 2.05) is 13.0 Å². The molecule has 1 aliphatic rings.